The van der Waals surface area contributed by atoms with E-state index in [2.05, 4.69) is 20.0 Å². The number of anilines is 1. The van der Waals surface area contributed by atoms with Crippen LogP contribution in [0.5, 0.6) is 0 Å². The van der Waals surface area contributed by atoms with E-state index in [9.17, 15) is 9.59 Å². The fourth-order valence-corrected chi connectivity index (χ4v) is 4.38. The first-order valence-corrected chi connectivity index (χ1v) is 11.4. The van der Waals surface area contributed by atoms with E-state index in [0.717, 1.165) is 12.0 Å². The molecule has 0 saturated carbocycles. The van der Waals surface area contributed by atoms with Gasteiger partial charge in [0.1, 0.15) is 5.69 Å². The van der Waals surface area contributed by atoms with Gasteiger partial charge in [-0.2, -0.15) is 5.10 Å². The molecule has 8 heteroatoms. The van der Waals surface area contributed by atoms with E-state index in [4.69, 9.17) is 0 Å². The van der Waals surface area contributed by atoms with Crippen LogP contribution in [0, 0.1) is 5.92 Å². The molecule has 0 radical (unpaired) electrons. The molecule has 1 saturated heterocycles. The van der Waals surface area contributed by atoms with Crippen LogP contribution in [0.4, 0.5) is 5.95 Å². The molecule has 1 fully saturated rings. The summed E-state index contributed by atoms with van der Waals surface area (Å²) in [5.74, 6) is 0.477. The number of hydrazone groups is 1. The van der Waals surface area contributed by atoms with Crippen LogP contribution in [0.1, 0.15) is 55.2 Å². The molecule has 2 aliphatic rings. The Labute approximate surface area is 188 Å². The third-order valence-electron chi connectivity index (χ3n) is 6.28. The lowest BCUT2D eigenvalue weighted by molar-refractivity contribution is -0.138. The molecule has 3 heterocycles. The first-order valence-electron chi connectivity index (χ1n) is 11.4. The number of carbonyl (C=O) groups excluding carboxylic acids is 2. The van der Waals surface area contributed by atoms with Crippen LogP contribution in [0.15, 0.2) is 47.7 Å². The number of rotatable bonds is 6. The van der Waals surface area contributed by atoms with E-state index < -0.39 is 0 Å². The highest BCUT2D eigenvalue weighted by molar-refractivity contribution is 5.92. The Morgan fingerprint density at radius 1 is 1.06 bits per heavy atom. The molecule has 8 nitrogen and oxygen atoms in total. The molecule has 2 amide bonds. The third kappa shape index (κ3) is 4.49. The molecule has 0 aliphatic carbocycles. The lowest BCUT2D eigenvalue weighted by atomic mass is 9.94. The van der Waals surface area contributed by atoms with Crippen LogP contribution in [0.2, 0.25) is 0 Å². The molecule has 2 aromatic rings. The van der Waals surface area contributed by atoms with Crippen molar-refractivity contribution in [3.63, 3.8) is 0 Å². The summed E-state index contributed by atoms with van der Waals surface area (Å²) >= 11 is 0. The number of amides is 2. The van der Waals surface area contributed by atoms with Crippen LogP contribution < -0.4 is 4.90 Å². The van der Waals surface area contributed by atoms with Crippen molar-refractivity contribution < 1.29 is 9.59 Å². The van der Waals surface area contributed by atoms with Gasteiger partial charge in [0, 0.05) is 50.9 Å². The average molecular weight is 435 g/mol. The van der Waals surface area contributed by atoms with E-state index in [1.165, 1.54) is 0 Å². The Kier molecular flexibility index (Phi) is 6.78. The number of nitrogens with zero attached hydrogens (tertiary/aromatic N) is 6. The first kappa shape index (κ1) is 21.9. The molecular weight excluding hydrogens is 404 g/mol. The standard InChI is InChI=1S/C24H30N6O2/c1-3-28(4-2)23(32)20-10-14-25-24(27-20)29-16-12-19(13-17-29)22(31)30-21(11-15-26-30)18-8-6-5-7-9-18/h5-10,14-15,19,21H,3-4,11-13,16-17H2,1-2H3/t21-/m0/s1. The molecule has 1 aromatic carbocycles. The minimum atomic E-state index is -0.0810. The van der Waals surface area contributed by atoms with Crippen molar-refractivity contribution in [2.24, 2.45) is 11.0 Å². The average Bonchev–Trinajstić information content (AvgIpc) is 3.35. The van der Waals surface area contributed by atoms with E-state index in [0.29, 0.717) is 50.7 Å². The predicted molar refractivity (Wildman–Crippen MR) is 123 cm³/mol. The van der Waals surface area contributed by atoms with Crippen molar-refractivity contribution in [3.05, 3.63) is 53.9 Å². The Morgan fingerprint density at radius 2 is 1.78 bits per heavy atom. The van der Waals surface area contributed by atoms with Gasteiger partial charge in [-0.25, -0.2) is 15.0 Å². The zero-order valence-electron chi connectivity index (χ0n) is 18.7. The molecule has 168 valence electrons. The topological polar surface area (TPSA) is 82.0 Å². The smallest absolute Gasteiger partial charge is 0.272 e. The number of hydrogen-bond acceptors (Lipinski definition) is 6. The van der Waals surface area contributed by atoms with Crippen LogP contribution in [-0.2, 0) is 4.79 Å². The van der Waals surface area contributed by atoms with Gasteiger partial charge in [0.15, 0.2) is 0 Å². The Morgan fingerprint density at radius 3 is 2.47 bits per heavy atom. The van der Waals surface area contributed by atoms with Gasteiger partial charge in [-0.1, -0.05) is 30.3 Å². The zero-order valence-corrected chi connectivity index (χ0v) is 18.7. The molecule has 1 atom stereocenters. The third-order valence-corrected chi connectivity index (χ3v) is 6.28. The molecule has 32 heavy (non-hydrogen) atoms. The van der Waals surface area contributed by atoms with Gasteiger partial charge in [0.2, 0.25) is 11.9 Å². The van der Waals surface area contributed by atoms with Crippen LogP contribution >= 0.6 is 0 Å². The van der Waals surface area contributed by atoms with Gasteiger partial charge in [-0.3, -0.25) is 9.59 Å². The number of benzene rings is 1. The van der Waals surface area contributed by atoms with Crippen LogP contribution in [0.3, 0.4) is 0 Å². The fraction of sp³-hybridized carbons (Fsp3) is 0.458. The van der Waals surface area contributed by atoms with Gasteiger partial charge in [-0.05, 0) is 38.3 Å². The zero-order chi connectivity index (χ0) is 22.5. The summed E-state index contributed by atoms with van der Waals surface area (Å²) in [6.45, 7) is 6.55. The van der Waals surface area contributed by atoms with Gasteiger partial charge in [0.05, 0.1) is 6.04 Å². The molecule has 0 N–H and O–H groups in total. The maximum atomic E-state index is 13.2. The molecule has 4 rings (SSSR count). The van der Waals surface area contributed by atoms with Crippen molar-refractivity contribution in [2.75, 3.05) is 31.1 Å². The SMILES string of the molecule is CCN(CC)C(=O)c1ccnc(N2CCC(C(=O)N3N=CC[C@H]3c3ccccc3)CC2)n1. The summed E-state index contributed by atoms with van der Waals surface area (Å²) < 4.78 is 0. The highest BCUT2D eigenvalue weighted by Crippen LogP contribution is 2.32. The monoisotopic (exact) mass is 434 g/mol. The normalized spacial score (nSPS) is 18.8. The highest BCUT2D eigenvalue weighted by atomic mass is 16.2. The highest BCUT2D eigenvalue weighted by Gasteiger charge is 2.35. The second-order valence-electron chi connectivity index (χ2n) is 8.12. The second-order valence-corrected chi connectivity index (χ2v) is 8.12. The summed E-state index contributed by atoms with van der Waals surface area (Å²) in [6, 6.07) is 11.7. The lowest BCUT2D eigenvalue weighted by Crippen LogP contribution is -2.42. The summed E-state index contributed by atoms with van der Waals surface area (Å²) in [6.07, 6.45) is 5.64. The number of aromatic nitrogens is 2. The minimum absolute atomic E-state index is 0.0205. The summed E-state index contributed by atoms with van der Waals surface area (Å²) in [7, 11) is 0. The Bertz CT molecular complexity index is 967. The second kappa shape index (κ2) is 9.89. The van der Waals surface area contributed by atoms with Crippen LogP contribution in [-0.4, -0.2) is 64.1 Å². The van der Waals surface area contributed by atoms with Gasteiger partial charge >= 0.3 is 0 Å². The molecule has 1 aromatic heterocycles. The summed E-state index contributed by atoms with van der Waals surface area (Å²) in [5, 5.41) is 6.05. The van der Waals surface area contributed by atoms with Crippen molar-refractivity contribution >= 4 is 24.0 Å². The first-order chi connectivity index (χ1) is 15.6. The minimum Gasteiger partial charge on any atom is -0.341 e. The molecular formula is C24H30N6O2. The van der Waals surface area contributed by atoms with Crippen molar-refractivity contribution in [3.8, 4) is 0 Å². The van der Waals surface area contributed by atoms with Crippen LogP contribution in [0.25, 0.3) is 0 Å². The van der Waals surface area contributed by atoms with E-state index in [1.54, 1.807) is 22.2 Å². The molecule has 0 bridgehead atoms. The number of carbonyl (C=O) groups is 2. The van der Waals surface area contributed by atoms with Gasteiger partial charge in [0.25, 0.3) is 5.91 Å². The number of hydrogen-bond donors (Lipinski definition) is 0. The Hall–Kier alpha value is -3.29. The van der Waals surface area contributed by atoms with E-state index in [-0.39, 0.29) is 23.8 Å². The molecule has 2 aliphatic heterocycles. The quantitative estimate of drug-likeness (QED) is 0.698. The molecule has 0 spiro atoms. The predicted octanol–water partition coefficient (Wildman–Crippen LogP) is 3.13. The van der Waals surface area contributed by atoms with Gasteiger partial charge < -0.3 is 9.80 Å². The van der Waals surface area contributed by atoms with E-state index >= 15 is 0 Å². The largest absolute Gasteiger partial charge is 0.341 e. The summed E-state index contributed by atoms with van der Waals surface area (Å²) in [4.78, 5) is 38.6. The Balaban J connectivity index is 1.39. The number of piperidine rings is 1. The van der Waals surface area contributed by atoms with Crippen molar-refractivity contribution in [2.45, 2.75) is 39.2 Å². The molecule has 0 unspecified atom stereocenters. The van der Waals surface area contributed by atoms with Crippen molar-refractivity contribution in [1.29, 1.82) is 0 Å². The van der Waals surface area contributed by atoms with Gasteiger partial charge in [-0.15, -0.1) is 0 Å². The lowest BCUT2D eigenvalue weighted by Gasteiger charge is -2.34. The fourth-order valence-electron chi connectivity index (χ4n) is 4.38. The summed E-state index contributed by atoms with van der Waals surface area (Å²) in [5.41, 5.74) is 1.52. The maximum absolute atomic E-state index is 13.2. The van der Waals surface area contributed by atoms with E-state index in [1.807, 2.05) is 50.4 Å². The van der Waals surface area contributed by atoms with Crippen molar-refractivity contribution in [1.82, 2.24) is 19.9 Å². The maximum Gasteiger partial charge on any atom is 0.272 e.